The second kappa shape index (κ2) is 27.5. The highest BCUT2D eigenvalue weighted by atomic mass is 16.5. The molecule has 0 bridgehead atoms. The minimum Gasteiger partial charge on any atom is -0.481 e. The molecule has 46 heavy (non-hydrogen) atoms. The van der Waals surface area contributed by atoms with Gasteiger partial charge in [0.05, 0.1) is 32.3 Å². The van der Waals surface area contributed by atoms with E-state index in [4.69, 9.17) is 19.7 Å². The molecule has 0 saturated heterocycles. The van der Waals surface area contributed by atoms with Crippen molar-refractivity contribution < 1.29 is 58.4 Å². The monoisotopic (exact) mass is 660 g/mol. The molecule has 0 heterocycles. The minimum absolute atomic E-state index is 0.0807. The molecule has 0 fully saturated rings. The lowest BCUT2D eigenvalue weighted by atomic mass is 10.0. The third-order valence-electron chi connectivity index (χ3n) is 6.73. The topological polar surface area (TPSA) is 247 Å². The summed E-state index contributed by atoms with van der Waals surface area (Å²) in [5.41, 5.74) is 0. The van der Waals surface area contributed by atoms with Crippen molar-refractivity contribution in [3.05, 3.63) is 0 Å². The average Bonchev–Trinajstić information content (AvgIpc) is 3.00. The van der Waals surface area contributed by atoms with Gasteiger partial charge in [-0.2, -0.15) is 0 Å². The van der Waals surface area contributed by atoms with Crippen molar-refractivity contribution >= 4 is 41.5 Å². The molecule has 0 rings (SSSR count). The summed E-state index contributed by atoms with van der Waals surface area (Å²) in [6, 6.07) is -1.28. The van der Waals surface area contributed by atoms with Gasteiger partial charge in [0.25, 0.3) is 0 Å². The van der Waals surface area contributed by atoms with Gasteiger partial charge in [-0.25, -0.2) is 4.79 Å². The van der Waals surface area contributed by atoms with Crippen LogP contribution in [-0.2, 0) is 43.0 Å². The van der Waals surface area contributed by atoms with Crippen LogP contribution < -0.4 is 21.3 Å². The van der Waals surface area contributed by atoms with Crippen LogP contribution in [-0.4, -0.2) is 109 Å². The lowest BCUT2D eigenvalue weighted by Gasteiger charge is -2.14. The van der Waals surface area contributed by atoms with E-state index in [1.54, 1.807) is 6.92 Å². The van der Waals surface area contributed by atoms with Crippen LogP contribution in [0.4, 0.5) is 0 Å². The second-order valence-corrected chi connectivity index (χ2v) is 10.8. The second-order valence-electron chi connectivity index (χ2n) is 10.8. The van der Waals surface area contributed by atoms with Gasteiger partial charge in [0.2, 0.25) is 23.6 Å². The molecule has 16 nitrogen and oxygen atoms in total. The molecule has 0 saturated carbocycles. The average molecular weight is 661 g/mol. The van der Waals surface area contributed by atoms with Crippen molar-refractivity contribution in [3.63, 3.8) is 0 Å². The normalized spacial score (nSPS) is 12.0. The maximum atomic E-state index is 12.1. The number of carboxylic acid groups (broad SMARTS) is 3. The van der Waals surface area contributed by atoms with Crippen LogP contribution in [0.25, 0.3) is 0 Å². The van der Waals surface area contributed by atoms with Crippen LogP contribution in [0.3, 0.4) is 0 Å². The predicted molar refractivity (Wildman–Crippen MR) is 165 cm³/mol. The Bertz CT molecular complexity index is 947. The van der Waals surface area contributed by atoms with Gasteiger partial charge in [-0.15, -0.1) is 0 Å². The van der Waals surface area contributed by atoms with E-state index in [9.17, 15) is 38.7 Å². The fourth-order valence-electron chi connectivity index (χ4n) is 3.98. The Morgan fingerprint density at radius 2 is 1.04 bits per heavy atom. The maximum absolute atomic E-state index is 12.1. The van der Waals surface area contributed by atoms with E-state index >= 15 is 0 Å². The number of nitrogens with one attached hydrogen (secondary N) is 4. The standard InChI is InChI=1S/C30H52N4O12/c1-22(29(41)42)8-6-7-15-31-25(36)12-11-23(30(43)44)34-27(38)14-13-26(37)33-17-19-46-21-20-45-18-16-32-24(35)9-4-2-3-5-10-28(39)40/h22-23H,2-21H2,1H3,(H,31,36)(H,32,35)(H,33,37)(H,34,38)(H,39,40)(H,41,42)(H,43,44)/t22-,23-/m0/s1. The van der Waals surface area contributed by atoms with E-state index in [-0.39, 0.29) is 63.7 Å². The van der Waals surface area contributed by atoms with Gasteiger partial charge in [0.15, 0.2) is 0 Å². The van der Waals surface area contributed by atoms with E-state index in [1.165, 1.54) is 0 Å². The lowest BCUT2D eigenvalue weighted by Crippen LogP contribution is -2.42. The van der Waals surface area contributed by atoms with Gasteiger partial charge in [0, 0.05) is 51.7 Å². The number of ether oxygens (including phenoxy) is 2. The van der Waals surface area contributed by atoms with Gasteiger partial charge in [-0.05, 0) is 32.1 Å². The summed E-state index contributed by atoms with van der Waals surface area (Å²) in [5, 5.41) is 37.1. The number of carboxylic acids is 3. The van der Waals surface area contributed by atoms with Gasteiger partial charge >= 0.3 is 17.9 Å². The molecule has 0 radical (unpaired) electrons. The third kappa shape index (κ3) is 26.6. The molecular formula is C30H52N4O12. The first kappa shape index (κ1) is 42.2. The molecule has 16 heteroatoms. The van der Waals surface area contributed by atoms with Crippen molar-refractivity contribution in [3.8, 4) is 0 Å². The molecule has 0 aliphatic heterocycles. The SMILES string of the molecule is C[C@@H](CCCCNC(=O)CC[C@H](NC(=O)CCC(=O)NCCOCCOCCNC(=O)CCCCCCC(=O)O)C(=O)O)C(=O)O. The zero-order chi connectivity index (χ0) is 34.6. The van der Waals surface area contributed by atoms with Crippen LogP contribution in [0, 0.1) is 5.92 Å². The molecule has 7 N–H and O–H groups in total. The Balaban J connectivity index is 3.80. The van der Waals surface area contributed by atoms with E-state index in [2.05, 4.69) is 21.3 Å². The Kier molecular flexibility index (Phi) is 25.2. The molecule has 0 aromatic rings. The summed E-state index contributed by atoms with van der Waals surface area (Å²) in [6.45, 7) is 3.64. The molecule has 0 aromatic heterocycles. The van der Waals surface area contributed by atoms with Crippen molar-refractivity contribution in [2.24, 2.45) is 5.92 Å². The molecule has 264 valence electrons. The number of hydrogen-bond acceptors (Lipinski definition) is 9. The van der Waals surface area contributed by atoms with Gasteiger partial charge in [-0.3, -0.25) is 28.8 Å². The number of hydrogen-bond donors (Lipinski definition) is 7. The molecule has 0 aliphatic rings. The zero-order valence-corrected chi connectivity index (χ0v) is 26.8. The first-order chi connectivity index (χ1) is 21.9. The van der Waals surface area contributed by atoms with E-state index in [0.29, 0.717) is 64.8 Å². The molecule has 0 aliphatic carbocycles. The van der Waals surface area contributed by atoms with Crippen LogP contribution >= 0.6 is 0 Å². The third-order valence-corrected chi connectivity index (χ3v) is 6.73. The molecule has 0 aromatic carbocycles. The summed E-state index contributed by atoms with van der Waals surface area (Å²) in [5.74, 6) is -4.93. The van der Waals surface area contributed by atoms with Crippen molar-refractivity contribution in [2.45, 2.75) is 96.4 Å². The fraction of sp³-hybridized carbons (Fsp3) is 0.767. The zero-order valence-electron chi connectivity index (χ0n) is 26.8. The smallest absolute Gasteiger partial charge is 0.326 e. The number of unbranched alkanes of at least 4 members (excludes halogenated alkanes) is 4. The first-order valence-corrected chi connectivity index (χ1v) is 15.8. The van der Waals surface area contributed by atoms with Crippen molar-refractivity contribution in [2.75, 3.05) is 46.1 Å². The van der Waals surface area contributed by atoms with Gasteiger partial charge in [-0.1, -0.05) is 26.2 Å². The quantitative estimate of drug-likeness (QED) is 0.0529. The summed E-state index contributed by atoms with van der Waals surface area (Å²) >= 11 is 0. The molecule has 0 unspecified atom stereocenters. The molecular weight excluding hydrogens is 608 g/mol. The number of amides is 4. The van der Waals surface area contributed by atoms with Crippen LogP contribution in [0.15, 0.2) is 0 Å². The van der Waals surface area contributed by atoms with E-state index in [1.807, 2.05) is 0 Å². The Labute approximate surface area is 269 Å². The number of carbonyl (C=O) groups is 7. The number of carbonyl (C=O) groups excluding carboxylic acids is 4. The fourth-order valence-corrected chi connectivity index (χ4v) is 3.98. The van der Waals surface area contributed by atoms with Crippen LogP contribution in [0.2, 0.25) is 0 Å². The van der Waals surface area contributed by atoms with E-state index in [0.717, 1.165) is 12.8 Å². The Hall–Kier alpha value is -3.79. The van der Waals surface area contributed by atoms with E-state index < -0.39 is 41.7 Å². The number of aliphatic carboxylic acids is 3. The minimum atomic E-state index is -1.29. The summed E-state index contributed by atoms with van der Waals surface area (Å²) < 4.78 is 10.7. The summed E-state index contributed by atoms with van der Waals surface area (Å²) in [4.78, 5) is 80.5. The summed E-state index contributed by atoms with van der Waals surface area (Å²) in [6.07, 6.45) is 4.54. The highest BCUT2D eigenvalue weighted by Gasteiger charge is 2.21. The Morgan fingerprint density at radius 1 is 0.522 bits per heavy atom. The van der Waals surface area contributed by atoms with Gasteiger partial charge < -0.3 is 46.1 Å². The van der Waals surface area contributed by atoms with Crippen LogP contribution in [0.5, 0.6) is 0 Å². The van der Waals surface area contributed by atoms with Crippen molar-refractivity contribution in [1.82, 2.24) is 21.3 Å². The van der Waals surface area contributed by atoms with Gasteiger partial charge in [0.1, 0.15) is 6.04 Å². The largest absolute Gasteiger partial charge is 0.481 e. The van der Waals surface area contributed by atoms with Crippen LogP contribution in [0.1, 0.15) is 90.4 Å². The highest BCUT2D eigenvalue weighted by Crippen LogP contribution is 2.08. The predicted octanol–water partition coefficient (Wildman–Crippen LogP) is 0.814. The molecule has 2 atom stereocenters. The summed E-state index contributed by atoms with van der Waals surface area (Å²) in [7, 11) is 0. The highest BCUT2D eigenvalue weighted by molar-refractivity contribution is 5.87. The maximum Gasteiger partial charge on any atom is 0.326 e. The molecule has 0 spiro atoms. The number of rotatable bonds is 30. The van der Waals surface area contributed by atoms with Crippen molar-refractivity contribution in [1.29, 1.82) is 0 Å². The lowest BCUT2D eigenvalue weighted by molar-refractivity contribution is -0.142. The Morgan fingerprint density at radius 3 is 1.61 bits per heavy atom. The first-order valence-electron chi connectivity index (χ1n) is 15.8. The molecule has 4 amide bonds.